The molecule has 0 fully saturated rings. The number of hydrogen-bond donors (Lipinski definition) is 2. The van der Waals surface area contributed by atoms with Crippen LogP contribution in [0.4, 0.5) is 5.95 Å². The summed E-state index contributed by atoms with van der Waals surface area (Å²) in [5.41, 5.74) is 6.11. The lowest BCUT2D eigenvalue weighted by Crippen LogP contribution is -2.11. The molecule has 0 amide bonds. The second kappa shape index (κ2) is 5.46. The van der Waals surface area contributed by atoms with Gasteiger partial charge in [-0.2, -0.15) is 0 Å². The van der Waals surface area contributed by atoms with Crippen LogP contribution in [0.1, 0.15) is 0 Å². The fourth-order valence-electron chi connectivity index (χ4n) is 1.94. The van der Waals surface area contributed by atoms with Gasteiger partial charge in [0.2, 0.25) is 5.95 Å². The molecule has 1 aromatic carbocycles. The molecule has 5 heteroatoms. The van der Waals surface area contributed by atoms with Crippen LogP contribution in [0, 0.1) is 0 Å². The summed E-state index contributed by atoms with van der Waals surface area (Å²) in [6.45, 7) is 0. The Morgan fingerprint density at radius 3 is 2.00 bits per heavy atom. The van der Waals surface area contributed by atoms with Crippen LogP contribution in [0.25, 0.3) is 22.5 Å². The maximum absolute atomic E-state index is 5.46. The average molecular weight is 263 g/mol. The molecule has 0 bridgehead atoms. The maximum Gasteiger partial charge on any atom is 0.238 e. The molecule has 0 unspecified atom stereocenters. The number of aromatic nitrogens is 3. The van der Waals surface area contributed by atoms with E-state index < -0.39 is 0 Å². The first kappa shape index (κ1) is 12.3. The highest BCUT2D eigenvalue weighted by atomic mass is 15.3. The number of nitrogen functional groups attached to an aromatic ring is 1. The number of nitrogens with two attached hydrogens (primary N) is 1. The predicted octanol–water partition coefficient (Wildman–Crippen LogP) is 2.49. The van der Waals surface area contributed by atoms with Gasteiger partial charge in [-0.05, 0) is 18.2 Å². The van der Waals surface area contributed by atoms with Gasteiger partial charge in [0.05, 0.1) is 11.4 Å². The van der Waals surface area contributed by atoms with E-state index in [2.05, 4.69) is 20.4 Å². The fraction of sp³-hybridized carbons (Fsp3) is 0. The van der Waals surface area contributed by atoms with Crippen molar-refractivity contribution in [3.05, 3.63) is 60.9 Å². The minimum atomic E-state index is 0.387. The number of nitrogens with one attached hydrogen (secondary N) is 1. The van der Waals surface area contributed by atoms with Crippen molar-refractivity contribution in [2.75, 3.05) is 5.43 Å². The topological polar surface area (TPSA) is 76.7 Å². The van der Waals surface area contributed by atoms with E-state index in [1.807, 2.05) is 48.5 Å². The van der Waals surface area contributed by atoms with Crippen molar-refractivity contribution >= 4 is 5.95 Å². The molecule has 0 aliphatic rings. The molecule has 3 aromatic rings. The summed E-state index contributed by atoms with van der Waals surface area (Å²) in [6, 6.07) is 15.6. The molecule has 0 saturated heterocycles. The lowest BCUT2D eigenvalue weighted by atomic mass is 10.1. The highest BCUT2D eigenvalue weighted by Crippen LogP contribution is 2.24. The van der Waals surface area contributed by atoms with Crippen LogP contribution in [0.15, 0.2) is 60.9 Å². The van der Waals surface area contributed by atoms with E-state index in [9.17, 15) is 0 Å². The van der Waals surface area contributed by atoms with E-state index in [0.29, 0.717) is 5.95 Å². The molecule has 0 aliphatic carbocycles. The summed E-state index contributed by atoms with van der Waals surface area (Å²) >= 11 is 0. The monoisotopic (exact) mass is 263 g/mol. The second-order valence-corrected chi connectivity index (χ2v) is 4.21. The van der Waals surface area contributed by atoms with Crippen molar-refractivity contribution in [1.82, 2.24) is 15.0 Å². The standard InChI is InChI=1S/C15H13N5/c16-20-15-18-13(11-4-2-1-3-5-11)10-14(19-15)12-6-8-17-9-7-12/h1-10H,16H2,(H,18,19,20). The molecule has 0 atom stereocenters. The van der Waals surface area contributed by atoms with Gasteiger partial charge in [-0.3, -0.25) is 10.4 Å². The molecule has 0 spiro atoms. The minimum absolute atomic E-state index is 0.387. The van der Waals surface area contributed by atoms with Crippen LogP contribution in [0.5, 0.6) is 0 Å². The van der Waals surface area contributed by atoms with Crippen molar-refractivity contribution in [3.8, 4) is 22.5 Å². The smallest absolute Gasteiger partial charge is 0.238 e. The highest BCUT2D eigenvalue weighted by molar-refractivity contribution is 5.69. The Labute approximate surface area is 116 Å². The maximum atomic E-state index is 5.46. The van der Waals surface area contributed by atoms with Crippen molar-refractivity contribution in [1.29, 1.82) is 0 Å². The highest BCUT2D eigenvalue weighted by Gasteiger charge is 2.07. The van der Waals surface area contributed by atoms with Gasteiger partial charge in [0.1, 0.15) is 0 Å². The van der Waals surface area contributed by atoms with Crippen LogP contribution in [-0.2, 0) is 0 Å². The zero-order chi connectivity index (χ0) is 13.8. The first-order valence-electron chi connectivity index (χ1n) is 6.18. The molecular weight excluding hydrogens is 250 g/mol. The number of benzene rings is 1. The van der Waals surface area contributed by atoms with E-state index in [4.69, 9.17) is 5.84 Å². The first-order valence-corrected chi connectivity index (χ1v) is 6.18. The van der Waals surface area contributed by atoms with Crippen molar-refractivity contribution in [2.45, 2.75) is 0 Å². The van der Waals surface area contributed by atoms with Gasteiger partial charge in [-0.25, -0.2) is 15.8 Å². The van der Waals surface area contributed by atoms with Crippen LogP contribution in [0.2, 0.25) is 0 Å². The summed E-state index contributed by atoms with van der Waals surface area (Å²) in [7, 11) is 0. The molecule has 3 N–H and O–H groups in total. The largest absolute Gasteiger partial charge is 0.292 e. The van der Waals surface area contributed by atoms with Gasteiger partial charge >= 0.3 is 0 Å². The van der Waals surface area contributed by atoms with Crippen LogP contribution in [0.3, 0.4) is 0 Å². The summed E-state index contributed by atoms with van der Waals surface area (Å²) in [5, 5.41) is 0. The Balaban J connectivity index is 2.13. The third-order valence-corrected chi connectivity index (χ3v) is 2.90. The molecule has 0 saturated carbocycles. The Hall–Kier alpha value is -2.79. The lowest BCUT2D eigenvalue weighted by Gasteiger charge is -2.07. The average Bonchev–Trinajstić information content (AvgIpc) is 2.56. The van der Waals surface area contributed by atoms with E-state index >= 15 is 0 Å². The van der Waals surface area contributed by atoms with Crippen molar-refractivity contribution in [3.63, 3.8) is 0 Å². The SMILES string of the molecule is NNc1nc(-c2ccccc2)cc(-c2ccncc2)n1. The Morgan fingerprint density at radius 1 is 0.800 bits per heavy atom. The third kappa shape index (κ3) is 2.48. The van der Waals surface area contributed by atoms with Gasteiger partial charge < -0.3 is 0 Å². The molecule has 20 heavy (non-hydrogen) atoms. The molecule has 0 aliphatic heterocycles. The molecule has 2 heterocycles. The van der Waals surface area contributed by atoms with E-state index in [0.717, 1.165) is 22.5 Å². The summed E-state index contributed by atoms with van der Waals surface area (Å²) in [6.07, 6.45) is 3.46. The number of nitrogens with zero attached hydrogens (tertiary/aromatic N) is 3. The quantitative estimate of drug-likeness (QED) is 0.561. The second-order valence-electron chi connectivity index (χ2n) is 4.21. The first-order chi connectivity index (χ1) is 9.86. The van der Waals surface area contributed by atoms with Crippen LogP contribution >= 0.6 is 0 Å². The van der Waals surface area contributed by atoms with Crippen LogP contribution in [-0.4, -0.2) is 15.0 Å². The van der Waals surface area contributed by atoms with Crippen molar-refractivity contribution < 1.29 is 0 Å². The van der Waals surface area contributed by atoms with Gasteiger partial charge in [-0.1, -0.05) is 30.3 Å². The fourth-order valence-corrected chi connectivity index (χ4v) is 1.94. The summed E-state index contributed by atoms with van der Waals surface area (Å²) in [4.78, 5) is 12.8. The van der Waals surface area contributed by atoms with E-state index in [1.54, 1.807) is 12.4 Å². The van der Waals surface area contributed by atoms with E-state index in [-0.39, 0.29) is 0 Å². The predicted molar refractivity (Wildman–Crippen MR) is 78.5 cm³/mol. The van der Waals surface area contributed by atoms with Crippen LogP contribution < -0.4 is 11.3 Å². The van der Waals surface area contributed by atoms with Crippen molar-refractivity contribution in [2.24, 2.45) is 5.84 Å². The molecule has 2 aromatic heterocycles. The van der Waals surface area contributed by atoms with Gasteiger partial charge in [0.15, 0.2) is 0 Å². The van der Waals surface area contributed by atoms with Gasteiger partial charge in [-0.15, -0.1) is 0 Å². The molecule has 0 radical (unpaired) electrons. The van der Waals surface area contributed by atoms with Gasteiger partial charge in [0, 0.05) is 23.5 Å². The number of pyridine rings is 1. The Kier molecular flexibility index (Phi) is 3.34. The summed E-state index contributed by atoms with van der Waals surface area (Å²) < 4.78 is 0. The molecular formula is C15H13N5. The Morgan fingerprint density at radius 2 is 1.40 bits per heavy atom. The zero-order valence-corrected chi connectivity index (χ0v) is 10.7. The summed E-state index contributed by atoms with van der Waals surface area (Å²) in [5.74, 6) is 5.84. The number of hydrogen-bond acceptors (Lipinski definition) is 5. The number of anilines is 1. The minimum Gasteiger partial charge on any atom is -0.292 e. The normalized spacial score (nSPS) is 10.2. The number of rotatable bonds is 3. The Bertz CT molecular complexity index is 640. The molecule has 3 rings (SSSR count). The third-order valence-electron chi connectivity index (χ3n) is 2.90. The number of hydrazine groups is 1. The zero-order valence-electron chi connectivity index (χ0n) is 10.7. The molecule has 5 nitrogen and oxygen atoms in total. The molecule has 98 valence electrons. The lowest BCUT2D eigenvalue weighted by molar-refractivity contribution is 1.12. The van der Waals surface area contributed by atoms with E-state index in [1.165, 1.54) is 0 Å². The van der Waals surface area contributed by atoms with Gasteiger partial charge in [0.25, 0.3) is 0 Å².